The molecule has 0 amide bonds. The van der Waals surface area contributed by atoms with Crippen LogP contribution in [0, 0.1) is 5.41 Å². The molecule has 7 heteroatoms. The fourth-order valence-corrected chi connectivity index (χ4v) is 3.38. The molecule has 0 bridgehead atoms. The molecule has 1 aromatic rings. The van der Waals surface area contributed by atoms with Gasteiger partial charge >= 0.3 is 0 Å². The van der Waals surface area contributed by atoms with Crippen LogP contribution in [-0.4, -0.2) is 45.0 Å². The predicted molar refractivity (Wildman–Crippen MR) is 78.7 cm³/mol. The summed E-state index contributed by atoms with van der Waals surface area (Å²) in [5.74, 6) is 0.311. The molecule has 1 fully saturated rings. The Morgan fingerprint density at radius 3 is 2.60 bits per heavy atom. The summed E-state index contributed by atoms with van der Waals surface area (Å²) in [5.41, 5.74) is 5.48. The second kappa shape index (κ2) is 5.67. The van der Waals surface area contributed by atoms with Gasteiger partial charge in [-0.3, -0.25) is 0 Å². The van der Waals surface area contributed by atoms with E-state index < -0.39 is 10.0 Å². The number of piperidine rings is 1. The molecule has 1 aromatic heterocycles. The maximum atomic E-state index is 12.2. The van der Waals surface area contributed by atoms with Gasteiger partial charge in [-0.25, -0.2) is 18.1 Å². The van der Waals surface area contributed by atoms with Crippen LogP contribution < -0.4 is 10.5 Å². The Morgan fingerprint density at radius 2 is 2.05 bits per heavy atom. The normalized spacial score (nSPS) is 19.9. The molecule has 0 spiro atoms. The van der Waals surface area contributed by atoms with E-state index in [1.165, 1.54) is 18.3 Å². The Bertz CT molecular complexity index is 548. The molecule has 20 heavy (non-hydrogen) atoms. The number of hydrogen-bond donors (Lipinski definition) is 2. The Balaban J connectivity index is 2.00. The van der Waals surface area contributed by atoms with Crippen LogP contribution in [0.2, 0.25) is 0 Å². The summed E-state index contributed by atoms with van der Waals surface area (Å²) in [4.78, 5) is 6.24. The van der Waals surface area contributed by atoms with E-state index in [1.807, 2.05) is 0 Å². The number of nitrogens with zero attached hydrogens (tertiary/aromatic N) is 2. The van der Waals surface area contributed by atoms with Crippen molar-refractivity contribution in [3.63, 3.8) is 0 Å². The zero-order valence-corrected chi connectivity index (χ0v) is 12.8. The molecule has 3 N–H and O–H groups in total. The highest BCUT2D eigenvalue weighted by Crippen LogP contribution is 2.29. The maximum Gasteiger partial charge on any atom is 0.242 e. The predicted octanol–water partition coefficient (Wildman–Crippen LogP) is 0.674. The molecule has 1 aliphatic heterocycles. The highest BCUT2D eigenvalue weighted by atomic mass is 32.2. The van der Waals surface area contributed by atoms with E-state index in [2.05, 4.69) is 28.6 Å². The number of nitrogens with one attached hydrogen (secondary N) is 1. The zero-order valence-electron chi connectivity index (χ0n) is 12.0. The molecule has 1 saturated heterocycles. The van der Waals surface area contributed by atoms with Crippen LogP contribution in [0.25, 0.3) is 0 Å². The van der Waals surface area contributed by atoms with Crippen molar-refractivity contribution >= 4 is 15.8 Å². The van der Waals surface area contributed by atoms with Gasteiger partial charge in [-0.15, -0.1) is 0 Å². The molecular weight excluding hydrogens is 276 g/mol. The van der Waals surface area contributed by atoms with Gasteiger partial charge in [0, 0.05) is 12.7 Å². The van der Waals surface area contributed by atoms with Gasteiger partial charge in [-0.05, 0) is 50.5 Å². The van der Waals surface area contributed by atoms with Gasteiger partial charge in [0.1, 0.15) is 10.7 Å². The van der Waals surface area contributed by atoms with Gasteiger partial charge in [-0.2, -0.15) is 0 Å². The second-order valence-electron chi connectivity index (χ2n) is 5.86. The largest absolute Gasteiger partial charge is 0.384 e. The van der Waals surface area contributed by atoms with Crippen molar-refractivity contribution < 1.29 is 8.42 Å². The van der Waals surface area contributed by atoms with Crippen LogP contribution in [-0.2, 0) is 10.0 Å². The van der Waals surface area contributed by atoms with Gasteiger partial charge in [0.15, 0.2) is 0 Å². The van der Waals surface area contributed by atoms with E-state index in [4.69, 9.17) is 5.73 Å². The summed E-state index contributed by atoms with van der Waals surface area (Å²) in [6.45, 7) is 4.58. The third-order valence-electron chi connectivity index (χ3n) is 3.95. The lowest BCUT2D eigenvalue weighted by atomic mass is 9.81. The number of aromatic nitrogens is 1. The van der Waals surface area contributed by atoms with E-state index in [0.717, 1.165) is 25.9 Å². The van der Waals surface area contributed by atoms with Crippen molar-refractivity contribution in [1.82, 2.24) is 14.6 Å². The van der Waals surface area contributed by atoms with Crippen molar-refractivity contribution in [3.8, 4) is 0 Å². The third-order valence-corrected chi connectivity index (χ3v) is 5.34. The molecule has 0 aliphatic carbocycles. The van der Waals surface area contributed by atoms with Crippen molar-refractivity contribution in [2.24, 2.45) is 5.41 Å². The Hall–Kier alpha value is -1.18. The van der Waals surface area contributed by atoms with Crippen LogP contribution in [0.5, 0.6) is 0 Å². The maximum absolute atomic E-state index is 12.2. The highest BCUT2D eigenvalue weighted by Gasteiger charge is 2.30. The number of sulfonamides is 1. The van der Waals surface area contributed by atoms with E-state index in [0.29, 0.717) is 12.4 Å². The number of pyridine rings is 1. The Kier molecular flexibility index (Phi) is 4.31. The first-order valence-electron chi connectivity index (χ1n) is 6.71. The van der Waals surface area contributed by atoms with E-state index in [9.17, 15) is 8.42 Å². The lowest BCUT2D eigenvalue weighted by molar-refractivity contribution is 0.143. The lowest BCUT2D eigenvalue weighted by Gasteiger charge is -2.37. The van der Waals surface area contributed by atoms with Crippen LogP contribution in [0.15, 0.2) is 23.2 Å². The molecule has 1 aliphatic rings. The monoisotopic (exact) mass is 298 g/mol. The summed E-state index contributed by atoms with van der Waals surface area (Å²) >= 11 is 0. The molecule has 2 heterocycles. The minimum atomic E-state index is -3.51. The van der Waals surface area contributed by atoms with Crippen LogP contribution >= 0.6 is 0 Å². The smallest absolute Gasteiger partial charge is 0.242 e. The van der Waals surface area contributed by atoms with Crippen LogP contribution in [0.3, 0.4) is 0 Å². The van der Waals surface area contributed by atoms with Gasteiger partial charge in [0.25, 0.3) is 0 Å². The standard InChI is InChI=1S/C13H22N4O2S/c1-13(5-7-17(2)8-6-13)10-16-20(18,19)11-3-4-12(14)15-9-11/h3-4,9,16H,5-8,10H2,1-2H3,(H2,14,15). The third kappa shape index (κ3) is 3.68. The van der Waals surface area contributed by atoms with Gasteiger partial charge in [0.2, 0.25) is 10.0 Å². The molecule has 2 rings (SSSR count). The Morgan fingerprint density at radius 1 is 1.40 bits per heavy atom. The highest BCUT2D eigenvalue weighted by molar-refractivity contribution is 7.89. The lowest BCUT2D eigenvalue weighted by Crippen LogP contribution is -2.43. The molecule has 0 radical (unpaired) electrons. The summed E-state index contributed by atoms with van der Waals surface area (Å²) in [7, 11) is -1.42. The number of likely N-dealkylation sites (tertiary alicyclic amines) is 1. The van der Waals surface area contributed by atoms with Crippen molar-refractivity contribution in [2.45, 2.75) is 24.7 Å². The summed E-state index contributed by atoms with van der Waals surface area (Å²) in [5, 5.41) is 0. The SMILES string of the molecule is CN1CCC(C)(CNS(=O)(=O)c2ccc(N)nc2)CC1. The second-order valence-corrected chi connectivity index (χ2v) is 7.62. The number of nitrogen functional groups attached to an aromatic ring is 1. The Labute approximate surface area is 120 Å². The van der Waals surface area contributed by atoms with Crippen molar-refractivity contribution in [2.75, 3.05) is 32.4 Å². The number of hydrogen-bond acceptors (Lipinski definition) is 5. The molecule has 0 unspecified atom stereocenters. The first-order chi connectivity index (χ1) is 9.31. The number of rotatable bonds is 4. The topological polar surface area (TPSA) is 88.3 Å². The minimum absolute atomic E-state index is 0.0147. The van der Waals surface area contributed by atoms with Crippen LogP contribution in [0.4, 0.5) is 5.82 Å². The summed E-state index contributed by atoms with van der Waals surface area (Å²) in [6, 6.07) is 2.97. The number of anilines is 1. The molecule has 112 valence electrons. The fourth-order valence-electron chi connectivity index (χ4n) is 2.24. The van der Waals surface area contributed by atoms with Crippen molar-refractivity contribution in [3.05, 3.63) is 18.3 Å². The molecule has 6 nitrogen and oxygen atoms in total. The molecule has 0 aromatic carbocycles. The average Bonchev–Trinajstić information content (AvgIpc) is 2.41. The number of nitrogens with two attached hydrogens (primary N) is 1. The minimum Gasteiger partial charge on any atom is -0.384 e. The van der Waals surface area contributed by atoms with Gasteiger partial charge in [-0.1, -0.05) is 6.92 Å². The first kappa shape index (κ1) is 15.2. The molecule has 0 atom stereocenters. The first-order valence-corrected chi connectivity index (χ1v) is 8.19. The quantitative estimate of drug-likeness (QED) is 0.853. The van der Waals surface area contributed by atoms with E-state index >= 15 is 0 Å². The molecule has 0 saturated carbocycles. The van der Waals surface area contributed by atoms with E-state index in [1.54, 1.807) is 0 Å². The van der Waals surface area contributed by atoms with Gasteiger partial charge < -0.3 is 10.6 Å². The summed E-state index contributed by atoms with van der Waals surface area (Å²) < 4.78 is 27.1. The zero-order chi connectivity index (χ0) is 14.8. The van der Waals surface area contributed by atoms with Crippen molar-refractivity contribution in [1.29, 1.82) is 0 Å². The fraction of sp³-hybridized carbons (Fsp3) is 0.615. The molecular formula is C13H22N4O2S. The van der Waals surface area contributed by atoms with Crippen LogP contribution in [0.1, 0.15) is 19.8 Å². The van der Waals surface area contributed by atoms with Gasteiger partial charge in [0.05, 0.1) is 0 Å². The average molecular weight is 298 g/mol. The van der Waals surface area contributed by atoms with E-state index in [-0.39, 0.29) is 10.3 Å². The summed E-state index contributed by atoms with van der Waals surface area (Å²) in [6.07, 6.45) is 3.27.